The van der Waals surface area contributed by atoms with Gasteiger partial charge in [0, 0.05) is 17.7 Å². The second-order valence-electron chi connectivity index (χ2n) is 5.93. The first-order chi connectivity index (χ1) is 12.8. The van der Waals surface area contributed by atoms with Crippen LogP contribution in [0.5, 0.6) is 5.75 Å². The number of para-hydroxylation sites is 1. The van der Waals surface area contributed by atoms with E-state index >= 15 is 0 Å². The van der Waals surface area contributed by atoms with Gasteiger partial charge in [0.1, 0.15) is 5.75 Å². The SMILES string of the molecule is COc1ccccc1CNC(=O)C[NH2+][C@@H](c1ccccc1)c1ccco1. The predicted molar refractivity (Wildman–Crippen MR) is 98.6 cm³/mol. The van der Waals surface area contributed by atoms with Gasteiger partial charge in [0.15, 0.2) is 18.3 Å². The third kappa shape index (κ3) is 4.52. The molecule has 5 heteroatoms. The molecule has 0 saturated heterocycles. The summed E-state index contributed by atoms with van der Waals surface area (Å²) in [6, 6.07) is 21.4. The van der Waals surface area contributed by atoms with Crippen LogP contribution in [0.25, 0.3) is 0 Å². The Labute approximate surface area is 153 Å². The van der Waals surface area contributed by atoms with Crippen molar-refractivity contribution in [3.63, 3.8) is 0 Å². The highest BCUT2D eigenvalue weighted by Crippen LogP contribution is 2.18. The van der Waals surface area contributed by atoms with Gasteiger partial charge >= 0.3 is 0 Å². The molecule has 0 aliphatic rings. The average molecular weight is 351 g/mol. The number of rotatable bonds is 8. The summed E-state index contributed by atoms with van der Waals surface area (Å²) in [4.78, 5) is 12.3. The van der Waals surface area contributed by atoms with Crippen LogP contribution in [0, 0.1) is 0 Å². The number of carbonyl (C=O) groups is 1. The van der Waals surface area contributed by atoms with E-state index in [1.807, 2.05) is 72.0 Å². The predicted octanol–water partition coefficient (Wildman–Crippen LogP) is 2.26. The molecule has 0 fully saturated rings. The van der Waals surface area contributed by atoms with E-state index in [-0.39, 0.29) is 11.9 Å². The summed E-state index contributed by atoms with van der Waals surface area (Å²) in [5, 5.41) is 4.92. The number of methoxy groups -OCH3 is 1. The van der Waals surface area contributed by atoms with Crippen molar-refractivity contribution >= 4 is 5.91 Å². The second kappa shape index (κ2) is 8.87. The molecule has 1 heterocycles. The van der Waals surface area contributed by atoms with Gasteiger partial charge in [0.2, 0.25) is 0 Å². The Morgan fingerprint density at radius 3 is 2.58 bits per heavy atom. The zero-order chi connectivity index (χ0) is 18.2. The number of carbonyl (C=O) groups excluding carboxylic acids is 1. The van der Waals surface area contributed by atoms with Gasteiger partial charge in [-0.3, -0.25) is 4.79 Å². The van der Waals surface area contributed by atoms with Gasteiger partial charge < -0.3 is 19.8 Å². The average Bonchev–Trinajstić information content (AvgIpc) is 3.22. The van der Waals surface area contributed by atoms with Crippen molar-refractivity contribution in [2.75, 3.05) is 13.7 Å². The van der Waals surface area contributed by atoms with Crippen LogP contribution in [0.15, 0.2) is 77.4 Å². The lowest BCUT2D eigenvalue weighted by atomic mass is 10.0. The van der Waals surface area contributed by atoms with E-state index in [4.69, 9.17) is 9.15 Å². The highest BCUT2D eigenvalue weighted by atomic mass is 16.5. The summed E-state index contributed by atoms with van der Waals surface area (Å²) >= 11 is 0. The van der Waals surface area contributed by atoms with Crippen LogP contribution in [0.4, 0.5) is 0 Å². The maximum atomic E-state index is 12.3. The zero-order valence-corrected chi connectivity index (χ0v) is 14.7. The molecule has 3 aromatic rings. The summed E-state index contributed by atoms with van der Waals surface area (Å²) in [5.74, 6) is 1.56. The largest absolute Gasteiger partial charge is 0.496 e. The van der Waals surface area contributed by atoms with Crippen molar-refractivity contribution in [3.05, 3.63) is 89.9 Å². The Morgan fingerprint density at radius 2 is 1.85 bits per heavy atom. The summed E-state index contributed by atoms with van der Waals surface area (Å²) in [6.45, 7) is 0.739. The number of benzene rings is 2. The van der Waals surface area contributed by atoms with Crippen LogP contribution in [-0.4, -0.2) is 19.6 Å². The van der Waals surface area contributed by atoms with Gasteiger partial charge in [0.05, 0.1) is 13.4 Å². The minimum Gasteiger partial charge on any atom is -0.496 e. The first-order valence-electron chi connectivity index (χ1n) is 8.58. The standard InChI is InChI=1S/C21H22N2O3/c1-25-18-11-6-5-10-17(18)14-22-20(24)15-23-21(19-12-7-13-26-19)16-8-3-2-4-9-16/h2-13,21,23H,14-15H2,1H3,(H,22,24)/p+1/t21-/m0/s1. The summed E-state index contributed by atoms with van der Waals surface area (Å²) in [5.41, 5.74) is 2.05. The molecule has 1 amide bonds. The Hall–Kier alpha value is -3.05. The molecule has 1 atom stereocenters. The first-order valence-corrected chi connectivity index (χ1v) is 8.58. The van der Waals surface area contributed by atoms with Crippen molar-refractivity contribution in [1.82, 2.24) is 5.32 Å². The molecule has 0 aliphatic heterocycles. The van der Waals surface area contributed by atoms with Gasteiger partial charge in [0.25, 0.3) is 5.91 Å². The van der Waals surface area contributed by atoms with Crippen molar-refractivity contribution in [1.29, 1.82) is 0 Å². The van der Waals surface area contributed by atoms with Gasteiger partial charge in [-0.1, -0.05) is 48.5 Å². The number of amides is 1. The van der Waals surface area contributed by atoms with E-state index in [1.54, 1.807) is 13.4 Å². The maximum Gasteiger partial charge on any atom is 0.275 e. The first kappa shape index (κ1) is 17.8. The molecule has 134 valence electrons. The molecule has 26 heavy (non-hydrogen) atoms. The zero-order valence-electron chi connectivity index (χ0n) is 14.7. The monoisotopic (exact) mass is 351 g/mol. The van der Waals surface area contributed by atoms with E-state index in [0.29, 0.717) is 13.1 Å². The highest BCUT2D eigenvalue weighted by molar-refractivity contribution is 5.76. The molecule has 5 nitrogen and oxygen atoms in total. The minimum absolute atomic E-state index is 0.0385. The fourth-order valence-corrected chi connectivity index (χ4v) is 2.88. The van der Waals surface area contributed by atoms with Crippen LogP contribution in [0.2, 0.25) is 0 Å². The molecule has 3 rings (SSSR count). The Bertz CT molecular complexity index is 816. The van der Waals surface area contributed by atoms with Crippen LogP contribution < -0.4 is 15.4 Å². The highest BCUT2D eigenvalue weighted by Gasteiger charge is 2.21. The van der Waals surface area contributed by atoms with Crippen molar-refractivity contribution in [3.8, 4) is 5.75 Å². The number of nitrogens with one attached hydrogen (secondary N) is 1. The molecule has 0 radical (unpaired) electrons. The minimum atomic E-state index is -0.0526. The topological polar surface area (TPSA) is 68.1 Å². The number of quaternary nitrogens is 1. The lowest BCUT2D eigenvalue weighted by molar-refractivity contribution is -0.678. The lowest BCUT2D eigenvalue weighted by Gasteiger charge is -2.14. The van der Waals surface area contributed by atoms with Crippen molar-refractivity contribution < 1.29 is 19.3 Å². The van der Waals surface area contributed by atoms with Crippen LogP contribution in [0.1, 0.15) is 22.9 Å². The number of nitrogens with two attached hydrogens (primary N) is 1. The molecular formula is C21H23N2O3+. The maximum absolute atomic E-state index is 12.3. The van der Waals surface area contributed by atoms with E-state index in [2.05, 4.69) is 5.32 Å². The fraction of sp³-hybridized carbons (Fsp3) is 0.190. The third-order valence-electron chi connectivity index (χ3n) is 4.22. The number of ether oxygens (including phenoxy) is 1. The summed E-state index contributed by atoms with van der Waals surface area (Å²) in [6.07, 6.45) is 1.65. The van der Waals surface area contributed by atoms with Crippen LogP contribution in [0.3, 0.4) is 0 Å². The molecule has 0 unspecified atom stereocenters. The van der Waals surface area contributed by atoms with E-state index in [9.17, 15) is 4.79 Å². The van der Waals surface area contributed by atoms with E-state index in [1.165, 1.54) is 0 Å². The number of furan rings is 1. The van der Waals surface area contributed by atoms with Crippen molar-refractivity contribution in [2.45, 2.75) is 12.6 Å². The van der Waals surface area contributed by atoms with Gasteiger partial charge in [-0.05, 0) is 18.2 Å². The van der Waals surface area contributed by atoms with Crippen LogP contribution >= 0.6 is 0 Å². The summed E-state index contributed by atoms with van der Waals surface area (Å²) < 4.78 is 10.9. The van der Waals surface area contributed by atoms with E-state index in [0.717, 1.165) is 22.6 Å². The van der Waals surface area contributed by atoms with Gasteiger partial charge in [-0.15, -0.1) is 0 Å². The molecule has 1 aromatic heterocycles. The summed E-state index contributed by atoms with van der Waals surface area (Å²) in [7, 11) is 1.63. The lowest BCUT2D eigenvalue weighted by Crippen LogP contribution is -2.87. The van der Waals surface area contributed by atoms with Crippen molar-refractivity contribution in [2.24, 2.45) is 0 Å². The second-order valence-corrected chi connectivity index (χ2v) is 5.93. The van der Waals surface area contributed by atoms with Crippen LogP contribution in [-0.2, 0) is 11.3 Å². The third-order valence-corrected chi connectivity index (χ3v) is 4.22. The molecule has 0 bridgehead atoms. The van der Waals surface area contributed by atoms with Gasteiger partial charge in [-0.2, -0.15) is 0 Å². The molecule has 0 aliphatic carbocycles. The molecule has 2 aromatic carbocycles. The van der Waals surface area contributed by atoms with E-state index < -0.39 is 0 Å². The Kier molecular flexibility index (Phi) is 6.06. The van der Waals surface area contributed by atoms with Gasteiger partial charge in [-0.25, -0.2) is 0 Å². The molecule has 0 spiro atoms. The molecule has 3 N–H and O–H groups in total. The quantitative estimate of drug-likeness (QED) is 0.654. The Morgan fingerprint density at radius 1 is 1.08 bits per heavy atom. The smallest absolute Gasteiger partial charge is 0.275 e. The normalized spacial score (nSPS) is 11.7. The fourth-order valence-electron chi connectivity index (χ4n) is 2.88. The molecule has 0 saturated carbocycles. The molecular weight excluding hydrogens is 328 g/mol. The number of hydrogen-bond donors (Lipinski definition) is 2. The Balaban J connectivity index is 1.60. The number of hydrogen-bond acceptors (Lipinski definition) is 3.